The quantitative estimate of drug-likeness (QED) is 0.749. The van der Waals surface area contributed by atoms with Crippen LogP contribution in [-0.2, 0) is 9.59 Å². The largest absolute Gasteiger partial charge is 0.369 e. The Morgan fingerprint density at radius 3 is 2.57 bits per heavy atom. The first-order valence-corrected chi connectivity index (χ1v) is 8.04. The van der Waals surface area contributed by atoms with Crippen LogP contribution >= 0.6 is 0 Å². The summed E-state index contributed by atoms with van der Waals surface area (Å²) in [5.74, 6) is 0.164. The van der Waals surface area contributed by atoms with E-state index in [4.69, 9.17) is 11.5 Å². The monoisotopic (exact) mass is 296 g/mol. The molecule has 4 N–H and O–H groups in total. The second kappa shape index (κ2) is 7.22. The minimum atomic E-state index is -0.293. The Morgan fingerprint density at radius 1 is 1.19 bits per heavy atom. The predicted molar refractivity (Wildman–Crippen MR) is 81.3 cm³/mol. The van der Waals surface area contributed by atoms with Crippen molar-refractivity contribution < 1.29 is 9.59 Å². The molecule has 0 saturated carbocycles. The van der Waals surface area contributed by atoms with Gasteiger partial charge in [0.15, 0.2) is 0 Å². The molecule has 6 heteroatoms. The van der Waals surface area contributed by atoms with Gasteiger partial charge in [-0.2, -0.15) is 0 Å². The number of carbonyl (C=O) groups is 2. The SMILES string of the molecule is CC1CCCN(CC(=O)N2CCCC(C(N)=O)C2)C1CN. The maximum Gasteiger partial charge on any atom is 0.236 e. The Balaban J connectivity index is 1.92. The van der Waals surface area contributed by atoms with Gasteiger partial charge in [-0.25, -0.2) is 0 Å². The summed E-state index contributed by atoms with van der Waals surface area (Å²) < 4.78 is 0. The van der Waals surface area contributed by atoms with Gasteiger partial charge in [0.2, 0.25) is 11.8 Å². The van der Waals surface area contributed by atoms with Crippen molar-refractivity contribution in [2.24, 2.45) is 23.3 Å². The lowest BCUT2D eigenvalue weighted by Gasteiger charge is -2.40. The summed E-state index contributed by atoms with van der Waals surface area (Å²) in [6, 6.07) is 0.291. The molecule has 3 unspecified atom stereocenters. The summed E-state index contributed by atoms with van der Waals surface area (Å²) in [5, 5.41) is 0. The number of hydrogen-bond donors (Lipinski definition) is 2. The molecule has 0 aromatic rings. The minimum Gasteiger partial charge on any atom is -0.369 e. The van der Waals surface area contributed by atoms with Crippen molar-refractivity contribution in [2.45, 2.75) is 38.6 Å². The van der Waals surface area contributed by atoms with Gasteiger partial charge in [-0.3, -0.25) is 14.5 Å². The third-order valence-corrected chi connectivity index (χ3v) is 4.99. The second-order valence-corrected chi connectivity index (χ2v) is 6.47. The molecule has 3 atom stereocenters. The van der Waals surface area contributed by atoms with E-state index in [0.717, 1.165) is 32.4 Å². The summed E-state index contributed by atoms with van der Waals surface area (Å²) in [5.41, 5.74) is 11.2. The van der Waals surface area contributed by atoms with E-state index < -0.39 is 0 Å². The highest BCUT2D eigenvalue weighted by atomic mass is 16.2. The molecular formula is C15H28N4O2. The van der Waals surface area contributed by atoms with Crippen molar-refractivity contribution in [1.82, 2.24) is 9.80 Å². The lowest BCUT2D eigenvalue weighted by Crippen LogP contribution is -2.54. The van der Waals surface area contributed by atoms with Crippen LogP contribution in [-0.4, -0.2) is 60.4 Å². The molecule has 21 heavy (non-hydrogen) atoms. The molecule has 0 spiro atoms. The number of piperidine rings is 2. The van der Waals surface area contributed by atoms with Gasteiger partial charge in [0.25, 0.3) is 0 Å². The third kappa shape index (κ3) is 3.95. The van der Waals surface area contributed by atoms with Crippen molar-refractivity contribution in [1.29, 1.82) is 0 Å². The number of hydrogen-bond acceptors (Lipinski definition) is 4. The second-order valence-electron chi connectivity index (χ2n) is 6.47. The summed E-state index contributed by atoms with van der Waals surface area (Å²) in [7, 11) is 0. The molecular weight excluding hydrogens is 268 g/mol. The molecule has 120 valence electrons. The molecule has 0 radical (unpaired) electrons. The van der Waals surface area contributed by atoms with Gasteiger partial charge in [-0.15, -0.1) is 0 Å². The van der Waals surface area contributed by atoms with Gasteiger partial charge < -0.3 is 16.4 Å². The van der Waals surface area contributed by atoms with Crippen LogP contribution < -0.4 is 11.5 Å². The highest BCUT2D eigenvalue weighted by Gasteiger charge is 2.32. The van der Waals surface area contributed by atoms with Crippen molar-refractivity contribution in [3.63, 3.8) is 0 Å². The maximum absolute atomic E-state index is 12.5. The van der Waals surface area contributed by atoms with Crippen molar-refractivity contribution in [3.8, 4) is 0 Å². The van der Waals surface area contributed by atoms with Gasteiger partial charge in [0, 0.05) is 25.7 Å². The lowest BCUT2D eigenvalue weighted by atomic mass is 9.90. The Labute approximate surface area is 126 Å². The normalized spacial score (nSPS) is 31.1. The number of amides is 2. The van der Waals surface area contributed by atoms with Gasteiger partial charge in [0.05, 0.1) is 12.5 Å². The molecule has 2 heterocycles. The van der Waals surface area contributed by atoms with Gasteiger partial charge in [0.1, 0.15) is 0 Å². The summed E-state index contributed by atoms with van der Waals surface area (Å²) in [6.45, 7) is 5.36. The minimum absolute atomic E-state index is 0.105. The molecule has 2 saturated heterocycles. The van der Waals surface area contributed by atoms with Crippen LogP contribution in [0.15, 0.2) is 0 Å². The Bertz CT molecular complexity index is 388. The van der Waals surface area contributed by atoms with Crippen LogP contribution in [0, 0.1) is 11.8 Å². The van der Waals surface area contributed by atoms with Crippen molar-refractivity contribution in [3.05, 3.63) is 0 Å². The zero-order valence-corrected chi connectivity index (χ0v) is 13.0. The smallest absolute Gasteiger partial charge is 0.236 e. The fourth-order valence-corrected chi connectivity index (χ4v) is 3.62. The zero-order valence-electron chi connectivity index (χ0n) is 13.0. The molecule has 2 aliphatic heterocycles. The van der Waals surface area contributed by atoms with E-state index in [1.54, 1.807) is 4.90 Å². The highest BCUT2D eigenvalue weighted by Crippen LogP contribution is 2.23. The van der Waals surface area contributed by atoms with Crippen molar-refractivity contribution in [2.75, 3.05) is 32.7 Å². The Kier molecular flexibility index (Phi) is 5.58. The molecule has 2 fully saturated rings. The molecule has 6 nitrogen and oxygen atoms in total. The van der Waals surface area contributed by atoms with E-state index in [1.165, 1.54) is 6.42 Å². The Morgan fingerprint density at radius 2 is 1.90 bits per heavy atom. The van der Waals surface area contributed by atoms with Crippen molar-refractivity contribution >= 4 is 11.8 Å². The fraction of sp³-hybridized carbons (Fsp3) is 0.867. The summed E-state index contributed by atoms with van der Waals surface area (Å²) >= 11 is 0. The number of carbonyl (C=O) groups excluding carboxylic acids is 2. The maximum atomic E-state index is 12.5. The van der Waals surface area contributed by atoms with Crippen LogP contribution in [0.25, 0.3) is 0 Å². The topological polar surface area (TPSA) is 92.7 Å². The number of rotatable bonds is 4. The molecule has 2 aliphatic rings. The number of likely N-dealkylation sites (tertiary alicyclic amines) is 2. The average molecular weight is 296 g/mol. The predicted octanol–water partition coefficient (Wildman–Crippen LogP) is -0.230. The van der Waals surface area contributed by atoms with Gasteiger partial charge in [-0.1, -0.05) is 6.92 Å². The first-order valence-electron chi connectivity index (χ1n) is 8.04. The molecule has 2 rings (SSSR count). The molecule has 0 aromatic heterocycles. The summed E-state index contributed by atoms with van der Waals surface area (Å²) in [4.78, 5) is 27.8. The average Bonchev–Trinajstić information content (AvgIpc) is 2.47. The molecule has 0 aliphatic carbocycles. The highest BCUT2D eigenvalue weighted by molar-refractivity contribution is 5.81. The number of primary amides is 1. The Hall–Kier alpha value is -1.14. The fourth-order valence-electron chi connectivity index (χ4n) is 3.62. The summed E-state index contributed by atoms with van der Waals surface area (Å²) in [6.07, 6.45) is 3.95. The van der Waals surface area contributed by atoms with Gasteiger partial charge in [-0.05, 0) is 38.1 Å². The zero-order chi connectivity index (χ0) is 15.4. The van der Waals surface area contributed by atoms with E-state index >= 15 is 0 Å². The molecule has 0 aromatic carbocycles. The first kappa shape index (κ1) is 16.2. The number of nitrogens with two attached hydrogens (primary N) is 2. The van der Waals surface area contributed by atoms with E-state index in [2.05, 4.69) is 11.8 Å². The third-order valence-electron chi connectivity index (χ3n) is 4.99. The first-order chi connectivity index (χ1) is 10.0. The van der Waals surface area contributed by atoms with Crippen LogP contribution in [0.2, 0.25) is 0 Å². The molecule has 2 amide bonds. The molecule has 0 bridgehead atoms. The number of nitrogens with zero attached hydrogens (tertiary/aromatic N) is 2. The standard InChI is InChI=1S/C15H28N4O2/c1-11-4-2-6-18(13(11)8-16)10-14(20)19-7-3-5-12(9-19)15(17)21/h11-13H,2-10,16H2,1H3,(H2,17,21). The van der Waals surface area contributed by atoms with Crippen LogP contribution in [0.1, 0.15) is 32.6 Å². The van der Waals surface area contributed by atoms with Gasteiger partial charge >= 0.3 is 0 Å². The van der Waals surface area contributed by atoms with E-state index in [0.29, 0.717) is 31.6 Å². The van der Waals surface area contributed by atoms with E-state index in [9.17, 15) is 9.59 Å². The van der Waals surface area contributed by atoms with Crippen LogP contribution in [0.4, 0.5) is 0 Å². The lowest BCUT2D eigenvalue weighted by molar-refractivity contribution is -0.137. The van der Waals surface area contributed by atoms with E-state index in [1.807, 2.05) is 0 Å². The van der Waals surface area contributed by atoms with E-state index in [-0.39, 0.29) is 17.7 Å². The van der Waals surface area contributed by atoms with Crippen LogP contribution in [0.3, 0.4) is 0 Å². The van der Waals surface area contributed by atoms with Crippen LogP contribution in [0.5, 0.6) is 0 Å².